The molecule has 0 bridgehead atoms. The molecule has 1 aromatic rings. The normalized spacial score (nSPS) is 15.7. The van der Waals surface area contributed by atoms with Gasteiger partial charge < -0.3 is 10.2 Å². The minimum atomic E-state index is -0.573. The molecule has 1 heterocycles. The van der Waals surface area contributed by atoms with Crippen molar-refractivity contribution in [2.75, 3.05) is 20.1 Å². The Morgan fingerprint density at radius 1 is 1.56 bits per heavy atom. The van der Waals surface area contributed by atoms with Crippen LogP contribution in [0.4, 0.5) is 4.39 Å². The van der Waals surface area contributed by atoms with Crippen molar-refractivity contribution in [1.29, 1.82) is 0 Å². The number of amides is 1. The zero-order chi connectivity index (χ0) is 11.7. The number of nitrogens with zero attached hydrogens (tertiary/aromatic N) is 1. The highest BCUT2D eigenvalue weighted by atomic mass is 35.5. The number of carbonyl (C=O) groups excluding carboxylic acids is 1. The molecule has 3 nitrogen and oxygen atoms in total. The Labute approximate surface area is 98.2 Å². The number of benzene rings is 1. The fourth-order valence-electron chi connectivity index (χ4n) is 1.59. The standard InChI is InChI=1S/C11H12ClFN2O/c1-15(7-5-14-6-7)11(16)10-8(12)3-2-4-9(10)13/h2-4,7,14H,5-6H2,1H3. The Hall–Kier alpha value is -1.13. The van der Waals surface area contributed by atoms with E-state index >= 15 is 0 Å². The van der Waals surface area contributed by atoms with Gasteiger partial charge in [-0.15, -0.1) is 0 Å². The quantitative estimate of drug-likeness (QED) is 0.853. The van der Waals surface area contributed by atoms with Gasteiger partial charge in [0, 0.05) is 20.1 Å². The summed E-state index contributed by atoms with van der Waals surface area (Å²) in [5.74, 6) is -0.939. The molecule has 0 aromatic heterocycles. The summed E-state index contributed by atoms with van der Waals surface area (Å²) in [4.78, 5) is 13.5. The van der Waals surface area contributed by atoms with Crippen molar-refractivity contribution < 1.29 is 9.18 Å². The molecule has 5 heteroatoms. The van der Waals surface area contributed by atoms with E-state index in [4.69, 9.17) is 11.6 Å². The van der Waals surface area contributed by atoms with Crippen molar-refractivity contribution in [3.05, 3.63) is 34.6 Å². The second-order valence-electron chi connectivity index (χ2n) is 3.82. The molecule has 0 saturated carbocycles. The van der Waals surface area contributed by atoms with Crippen LogP contribution in [-0.2, 0) is 0 Å². The Morgan fingerprint density at radius 2 is 2.25 bits per heavy atom. The zero-order valence-electron chi connectivity index (χ0n) is 8.84. The van der Waals surface area contributed by atoms with E-state index in [1.807, 2.05) is 0 Å². The molecule has 2 rings (SSSR count). The Bertz CT molecular complexity index is 400. The summed E-state index contributed by atoms with van der Waals surface area (Å²) in [5.41, 5.74) is -0.0430. The van der Waals surface area contributed by atoms with Crippen LogP contribution in [0, 0.1) is 5.82 Å². The van der Waals surface area contributed by atoms with Gasteiger partial charge in [0.1, 0.15) is 5.82 Å². The highest BCUT2D eigenvalue weighted by Gasteiger charge is 2.28. The third-order valence-electron chi connectivity index (χ3n) is 2.80. The van der Waals surface area contributed by atoms with Crippen molar-refractivity contribution in [2.24, 2.45) is 0 Å². The predicted molar refractivity (Wildman–Crippen MR) is 60.2 cm³/mol. The third kappa shape index (κ3) is 1.90. The topological polar surface area (TPSA) is 32.3 Å². The van der Waals surface area contributed by atoms with Crippen LogP contribution in [0.3, 0.4) is 0 Å². The lowest BCUT2D eigenvalue weighted by molar-refractivity contribution is 0.0676. The summed E-state index contributed by atoms with van der Waals surface area (Å²) in [7, 11) is 1.66. The predicted octanol–water partition coefficient (Wildman–Crippen LogP) is 1.52. The summed E-state index contributed by atoms with van der Waals surface area (Å²) in [6.45, 7) is 1.49. The highest BCUT2D eigenvalue weighted by Crippen LogP contribution is 2.21. The van der Waals surface area contributed by atoms with Gasteiger partial charge in [-0.3, -0.25) is 4.79 Å². The van der Waals surface area contributed by atoms with Crippen molar-refractivity contribution in [1.82, 2.24) is 10.2 Å². The molecule has 0 unspecified atom stereocenters. The maximum absolute atomic E-state index is 13.5. The summed E-state index contributed by atoms with van der Waals surface area (Å²) in [6, 6.07) is 4.37. The summed E-state index contributed by atoms with van der Waals surface area (Å²) in [5, 5.41) is 3.21. The van der Waals surface area contributed by atoms with E-state index in [2.05, 4.69) is 5.32 Å². The second-order valence-corrected chi connectivity index (χ2v) is 4.23. The number of likely N-dealkylation sites (N-methyl/N-ethyl adjacent to an activating group) is 1. The average molecular weight is 243 g/mol. The van der Waals surface area contributed by atoms with Gasteiger partial charge in [-0.2, -0.15) is 0 Å². The van der Waals surface area contributed by atoms with Gasteiger partial charge in [-0.1, -0.05) is 17.7 Å². The van der Waals surface area contributed by atoms with Crippen LogP contribution in [-0.4, -0.2) is 37.0 Å². The minimum absolute atomic E-state index is 0.0430. The molecule has 1 amide bonds. The fraction of sp³-hybridized carbons (Fsp3) is 0.364. The first-order chi connectivity index (χ1) is 7.61. The Morgan fingerprint density at radius 3 is 2.75 bits per heavy atom. The minimum Gasteiger partial charge on any atom is -0.336 e. The molecule has 0 spiro atoms. The van der Waals surface area contributed by atoms with Crippen molar-refractivity contribution in [3.63, 3.8) is 0 Å². The number of hydrogen-bond acceptors (Lipinski definition) is 2. The van der Waals surface area contributed by atoms with E-state index in [0.29, 0.717) is 0 Å². The summed E-state index contributed by atoms with van der Waals surface area (Å²) >= 11 is 5.83. The van der Waals surface area contributed by atoms with E-state index in [9.17, 15) is 9.18 Å². The lowest BCUT2D eigenvalue weighted by Crippen LogP contribution is -2.57. The van der Waals surface area contributed by atoms with Crippen LogP contribution in [0.15, 0.2) is 18.2 Å². The Kier molecular flexibility index (Phi) is 3.12. The molecular weight excluding hydrogens is 231 g/mol. The number of carbonyl (C=O) groups is 1. The molecule has 0 atom stereocenters. The molecule has 86 valence electrons. The molecule has 1 N–H and O–H groups in total. The molecule has 16 heavy (non-hydrogen) atoms. The summed E-state index contributed by atoms with van der Waals surface area (Å²) in [6.07, 6.45) is 0. The molecular formula is C11H12ClFN2O. The first kappa shape index (κ1) is 11.4. The van der Waals surface area contributed by atoms with Crippen LogP contribution >= 0.6 is 11.6 Å². The van der Waals surface area contributed by atoms with Gasteiger partial charge in [-0.25, -0.2) is 4.39 Å². The largest absolute Gasteiger partial charge is 0.336 e. The van der Waals surface area contributed by atoms with Crippen LogP contribution in [0.25, 0.3) is 0 Å². The first-order valence-corrected chi connectivity index (χ1v) is 5.41. The van der Waals surface area contributed by atoms with Crippen LogP contribution in [0.5, 0.6) is 0 Å². The van der Waals surface area contributed by atoms with Gasteiger partial charge in [0.15, 0.2) is 0 Å². The zero-order valence-corrected chi connectivity index (χ0v) is 9.59. The fourth-order valence-corrected chi connectivity index (χ4v) is 1.84. The van der Waals surface area contributed by atoms with Crippen LogP contribution in [0.1, 0.15) is 10.4 Å². The average Bonchev–Trinajstić information content (AvgIpc) is 2.14. The van der Waals surface area contributed by atoms with Gasteiger partial charge >= 0.3 is 0 Å². The molecule has 1 aliphatic rings. The van der Waals surface area contributed by atoms with Gasteiger partial charge in [0.2, 0.25) is 0 Å². The van der Waals surface area contributed by atoms with E-state index in [1.165, 1.54) is 23.1 Å². The number of halogens is 2. The number of hydrogen-bond donors (Lipinski definition) is 1. The Balaban J connectivity index is 2.26. The van der Waals surface area contributed by atoms with Crippen molar-refractivity contribution in [3.8, 4) is 0 Å². The molecule has 0 radical (unpaired) electrons. The molecule has 0 aliphatic carbocycles. The van der Waals surface area contributed by atoms with Crippen LogP contribution < -0.4 is 5.32 Å². The van der Waals surface area contributed by atoms with Gasteiger partial charge in [0.05, 0.1) is 16.6 Å². The maximum atomic E-state index is 13.5. The van der Waals surface area contributed by atoms with Crippen LogP contribution in [0.2, 0.25) is 5.02 Å². The number of nitrogens with one attached hydrogen (secondary N) is 1. The molecule has 1 fully saturated rings. The van der Waals surface area contributed by atoms with Gasteiger partial charge in [0.25, 0.3) is 5.91 Å². The monoisotopic (exact) mass is 242 g/mol. The van der Waals surface area contributed by atoms with Gasteiger partial charge in [-0.05, 0) is 12.1 Å². The second kappa shape index (κ2) is 4.39. The lowest BCUT2D eigenvalue weighted by Gasteiger charge is -2.35. The number of rotatable bonds is 2. The molecule has 1 aliphatic heterocycles. The maximum Gasteiger partial charge on any atom is 0.258 e. The van der Waals surface area contributed by atoms with Crippen molar-refractivity contribution in [2.45, 2.75) is 6.04 Å². The van der Waals surface area contributed by atoms with E-state index in [1.54, 1.807) is 7.05 Å². The SMILES string of the molecule is CN(C(=O)c1c(F)cccc1Cl)C1CNC1. The first-order valence-electron chi connectivity index (χ1n) is 5.03. The molecule has 1 aromatic carbocycles. The highest BCUT2D eigenvalue weighted by molar-refractivity contribution is 6.33. The van der Waals surface area contributed by atoms with E-state index in [-0.39, 0.29) is 22.5 Å². The van der Waals surface area contributed by atoms with E-state index in [0.717, 1.165) is 13.1 Å². The lowest BCUT2D eigenvalue weighted by atomic mass is 10.1. The smallest absolute Gasteiger partial charge is 0.258 e. The summed E-state index contributed by atoms with van der Waals surface area (Å²) < 4.78 is 13.5. The van der Waals surface area contributed by atoms with Crippen molar-refractivity contribution >= 4 is 17.5 Å². The third-order valence-corrected chi connectivity index (χ3v) is 3.12. The molecule has 1 saturated heterocycles. The van der Waals surface area contributed by atoms with E-state index < -0.39 is 5.82 Å².